The van der Waals surface area contributed by atoms with Crippen LogP contribution in [0.1, 0.15) is 75.3 Å². The molecule has 0 unspecified atom stereocenters. The smallest absolute Gasteiger partial charge is 0.426 e. The summed E-state index contributed by atoms with van der Waals surface area (Å²) in [6.07, 6.45) is 1.01. The Morgan fingerprint density at radius 2 is 1.36 bits per heavy atom. The maximum atomic E-state index is 14.8. The van der Waals surface area contributed by atoms with Gasteiger partial charge in [-0.15, -0.1) is 0 Å². The zero-order valence-corrected chi connectivity index (χ0v) is 23.2. The Labute approximate surface area is 241 Å². The summed E-state index contributed by atoms with van der Waals surface area (Å²) in [5.41, 5.74) is 2.32. The molecular weight excluding hydrogens is 561 g/mol. The number of benzene rings is 3. The fourth-order valence-corrected chi connectivity index (χ4v) is 5.37. The van der Waals surface area contributed by atoms with Crippen molar-refractivity contribution in [1.82, 2.24) is 0 Å². The molecule has 0 aromatic heterocycles. The molecule has 42 heavy (non-hydrogen) atoms. The first-order valence-corrected chi connectivity index (χ1v) is 14.1. The molecule has 1 aliphatic rings. The average Bonchev–Trinajstić information content (AvgIpc) is 2.94. The van der Waals surface area contributed by atoms with Crippen molar-refractivity contribution in [3.8, 4) is 22.6 Å². The van der Waals surface area contributed by atoms with E-state index in [-0.39, 0.29) is 12.3 Å². The summed E-state index contributed by atoms with van der Waals surface area (Å²) in [4.78, 5) is 0. The number of hydrogen-bond donors (Lipinski definition) is 0. The largest absolute Gasteiger partial charge is 0.459 e. The number of hydrogen-bond acceptors (Lipinski definition) is 2. The first-order valence-electron chi connectivity index (χ1n) is 14.1. The zero-order chi connectivity index (χ0) is 30.3. The average molecular weight is 595 g/mol. The number of alkyl halides is 5. The van der Waals surface area contributed by atoms with Crippen LogP contribution in [0, 0.1) is 17.6 Å². The maximum Gasteiger partial charge on any atom is 0.426 e. The maximum absolute atomic E-state index is 14.8. The summed E-state index contributed by atoms with van der Waals surface area (Å²) >= 11 is 0. The highest BCUT2D eigenvalue weighted by atomic mass is 19.4. The molecule has 0 bridgehead atoms. The number of unbranched alkanes of at least 4 members (excludes halogenated alkanes) is 2. The molecule has 1 aliphatic carbocycles. The van der Waals surface area contributed by atoms with Crippen LogP contribution in [0.3, 0.4) is 0 Å². The number of halogens is 7. The zero-order valence-electron chi connectivity index (χ0n) is 23.2. The van der Waals surface area contributed by atoms with Crippen LogP contribution < -0.4 is 9.47 Å². The lowest BCUT2D eigenvalue weighted by Crippen LogP contribution is -2.22. The Morgan fingerprint density at radius 3 is 1.90 bits per heavy atom. The fraction of sp³-hybridized carbons (Fsp3) is 0.394. The van der Waals surface area contributed by atoms with E-state index in [2.05, 4.69) is 28.5 Å². The van der Waals surface area contributed by atoms with E-state index in [1.54, 1.807) is 0 Å². The van der Waals surface area contributed by atoms with Gasteiger partial charge in [0.25, 0.3) is 0 Å². The van der Waals surface area contributed by atoms with Crippen LogP contribution in [0.2, 0.25) is 0 Å². The SMILES string of the molecule is CCCCCC1CCC(c2ccc(-c3ccc(C(F)(F)Oc4cc(F)c(O/C=C/C(F)(F)F)c(F)c4)cc3)cc2)CC1. The first kappa shape index (κ1) is 31.4. The highest BCUT2D eigenvalue weighted by Gasteiger charge is 2.35. The molecular formula is C33H33F7O2. The molecule has 0 spiro atoms. The van der Waals surface area contributed by atoms with Crippen LogP contribution in [-0.2, 0) is 6.11 Å². The molecule has 0 saturated heterocycles. The minimum atomic E-state index is -4.76. The van der Waals surface area contributed by atoms with E-state index in [9.17, 15) is 30.7 Å². The Morgan fingerprint density at radius 1 is 0.786 bits per heavy atom. The highest BCUT2D eigenvalue weighted by Crippen LogP contribution is 2.39. The Kier molecular flexibility index (Phi) is 10.2. The second kappa shape index (κ2) is 13.7. The molecule has 0 radical (unpaired) electrons. The summed E-state index contributed by atoms with van der Waals surface area (Å²) in [6, 6.07) is 14.3. The Hall–Kier alpha value is -3.49. The minimum Gasteiger partial charge on any atom is -0.459 e. The van der Waals surface area contributed by atoms with Crippen molar-refractivity contribution in [2.24, 2.45) is 5.92 Å². The third-order valence-corrected chi connectivity index (χ3v) is 7.66. The molecule has 4 rings (SSSR count). The van der Waals surface area contributed by atoms with Gasteiger partial charge in [-0.1, -0.05) is 69.0 Å². The number of ether oxygens (including phenoxy) is 2. The molecule has 9 heteroatoms. The molecule has 2 nitrogen and oxygen atoms in total. The van der Waals surface area contributed by atoms with Crippen LogP contribution in [0.5, 0.6) is 11.5 Å². The summed E-state index contributed by atoms with van der Waals surface area (Å²) in [5, 5.41) is 0. The summed E-state index contributed by atoms with van der Waals surface area (Å²) in [6.45, 7) is 2.22. The van der Waals surface area contributed by atoms with Gasteiger partial charge in [-0.25, -0.2) is 8.78 Å². The van der Waals surface area contributed by atoms with E-state index in [4.69, 9.17) is 0 Å². The molecule has 1 saturated carbocycles. The first-order chi connectivity index (χ1) is 19.9. The normalized spacial score (nSPS) is 17.9. The van der Waals surface area contributed by atoms with Gasteiger partial charge < -0.3 is 9.47 Å². The van der Waals surface area contributed by atoms with Crippen molar-refractivity contribution in [3.05, 3.63) is 95.8 Å². The van der Waals surface area contributed by atoms with Crippen molar-refractivity contribution >= 4 is 0 Å². The Bertz CT molecular complexity index is 1300. The number of allylic oxidation sites excluding steroid dienone is 1. The van der Waals surface area contributed by atoms with E-state index < -0.39 is 41.0 Å². The third-order valence-electron chi connectivity index (χ3n) is 7.66. The molecule has 1 fully saturated rings. The van der Waals surface area contributed by atoms with Crippen LogP contribution in [0.25, 0.3) is 11.1 Å². The van der Waals surface area contributed by atoms with Crippen LogP contribution >= 0.6 is 0 Å². The lowest BCUT2D eigenvalue weighted by molar-refractivity contribution is -0.185. The van der Waals surface area contributed by atoms with Crippen molar-refractivity contribution in [3.63, 3.8) is 0 Å². The molecule has 0 N–H and O–H groups in total. The van der Waals surface area contributed by atoms with E-state index in [0.29, 0.717) is 23.6 Å². The van der Waals surface area contributed by atoms with Gasteiger partial charge in [0.1, 0.15) is 5.75 Å². The predicted molar refractivity (Wildman–Crippen MR) is 147 cm³/mol. The van der Waals surface area contributed by atoms with Crippen molar-refractivity contribution in [2.75, 3.05) is 0 Å². The quantitative estimate of drug-likeness (QED) is 0.125. The fourth-order valence-electron chi connectivity index (χ4n) is 5.37. The molecule has 226 valence electrons. The van der Waals surface area contributed by atoms with Gasteiger partial charge in [0.2, 0.25) is 0 Å². The van der Waals surface area contributed by atoms with Gasteiger partial charge in [-0.05, 0) is 66.3 Å². The topological polar surface area (TPSA) is 18.5 Å². The van der Waals surface area contributed by atoms with E-state index in [1.807, 2.05) is 12.1 Å². The molecule has 3 aromatic rings. The van der Waals surface area contributed by atoms with Gasteiger partial charge in [-0.2, -0.15) is 22.0 Å². The van der Waals surface area contributed by atoms with E-state index in [0.717, 1.165) is 23.6 Å². The van der Waals surface area contributed by atoms with Crippen molar-refractivity contribution in [1.29, 1.82) is 0 Å². The van der Waals surface area contributed by atoms with Crippen LogP contribution in [0.4, 0.5) is 30.7 Å². The monoisotopic (exact) mass is 594 g/mol. The van der Waals surface area contributed by atoms with Gasteiger partial charge in [-0.3, -0.25) is 0 Å². The number of rotatable bonds is 11. The summed E-state index contributed by atoms with van der Waals surface area (Å²) in [7, 11) is 0. The standard InChI is InChI=1S/C33H33F7O2/c1-2-3-4-5-22-6-8-23(9-7-22)24-10-12-25(13-11-24)26-14-16-27(17-15-26)33(39,40)42-28-20-29(34)31(30(35)21-28)41-19-18-32(36,37)38/h10-23H,2-9H2,1H3/b19-18+. The van der Waals surface area contributed by atoms with Crippen molar-refractivity contribution in [2.45, 2.75) is 76.5 Å². The minimum absolute atomic E-state index is 0.0478. The van der Waals surface area contributed by atoms with Gasteiger partial charge in [0, 0.05) is 12.1 Å². The molecule has 3 aromatic carbocycles. The second-order valence-electron chi connectivity index (χ2n) is 10.7. The Balaban J connectivity index is 1.37. The lowest BCUT2D eigenvalue weighted by Gasteiger charge is -2.29. The third kappa shape index (κ3) is 8.52. The molecule has 0 atom stereocenters. The van der Waals surface area contributed by atoms with E-state index >= 15 is 0 Å². The van der Waals surface area contributed by atoms with Crippen LogP contribution in [-0.4, -0.2) is 6.18 Å². The van der Waals surface area contributed by atoms with Gasteiger partial charge in [0.15, 0.2) is 17.4 Å². The van der Waals surface area contributed by atoms with E-state index in [1.165, 1.54) is 69.1 Å². The van der Waals surface area contributed by atoms with Crippen LogP contribution in [0.15, 0.2) is 73.0 Å². The predicted octanol–water partition coefficient (Wildman–Crippen LogP) is 11.1. The van der Waals surface area contributed by atoms with Crippen molar-refractivity contribution < 1.29 is 40.2 Å². The second-order valence-corrected chi connectivity index (χ2v) is 10.7. The lowest BCUT2D eigenvalue weighted by atomic mass is 9.77. The molecule has 0 heterocycles. The molecule has 0 aliphatic heterocycles. The summed E-state index contributed by atoms with van der Waals surface area (Å²) in [5.74, 6) is -3.70. The summed E-state index contributed by atoms with van der Waals surface area (Å²) < 4.78 is 103. The highest BCUT2D eigenvalue weighted by molar-refractivity contribution is 5.64. The molecule has 0 amide bonds. The van der Waals surface area contributed by atoms with Gasteiger partial charge >= 0.3 is 12.3 Å². The van der Waals surface area contributed by atoms with Gasteiger partial charge in [0.05, 0.1) is 17.9 Å².